The molecule has 5 nitrogen and oxygen atoms in total. The molecule has 0 amide bonds. The van der Waals surface area contributed by atoms with Crippen LogP contribution in [-0.2, 0) is 16.2 Å². The maximum atomic E-state index is 11.1. The lowest BCUT2D eigenvalue weighted by molar-refractivity contribution is -0.146. The summed E-state index contributed by atoms with van der Waals surface area (Å²) in [6, 6.07) is 13.5. The highest BCUT2D eigenvalue weighted by atomic mass is 35.5. The van der Waals surface area contributed by atoms with Crippen molar-refractivity contribution in [2.45, 2.75) is 6.61 Å². The van der Waals surface area contributed by atoms with E-state index in [9.17, 15) is 14.7 Å². The van der Waals surface area contributed by atoms with Crippen LogP contribution in [0.4, 0.5) is 0 Å². The van der Waals surface area contributed by atoms with Crippen LogP contribution in [-0.4, -0.2) is 22.0 Å². The van der Waals surface area contributed by atoms with Gasteiger partial charge in [-0.15, -0.1) is 0 Å². The first kappa shape index (κ1) is 16.6. The Hall–Kier alpha value is -2.79. The van der Waals surface area contributed by atoms with Gasteiger partial charge in [-0.3, -0.25) is 4.79 Å². The molecule has 0 atom stereocenters. The van der Waals surface area contributed by atoms with Gasteiger partial charge in [0.25, 0.3) is 5.78 Å². The van der Waals surface area contributed by atoms with E-state index in [-0.39, 0.29) is 12.2 Å². The molecular formula is C17H13ClO5. The summed E-state index contributed by atoms with van der Waals surface area (Å²) in [4.78, 5) is 21.6. The van der Waals surface area contributed by atoms with Crippen LogP contribution < -0.4 is 4.74 Å². The predicted molar refractivity (Wildman–Crippen MR) is 85.5 cm³/mol. The third kappa shape index (κ3) is 4.86. The van der Waals surface area contributed by atoms with Crippen molar-refractivity contribution in [1.82, 2.24) is 0 Å². The monoisotopic (exact) mass is 332 g/mol. The van der Waals surface area contributed by atoms with Crippen LogP contribution in [0.5, 0.6) is 5.75 Å². The number of aliphatic hydroxyl groups is 1. The molecule has 0 bridgehead atoms. The number of carbonyl (C=O) groups excluding carboxylic acids is 1. The fraction of sp³-hybridized carbons (Fsp3) is 0.0588. The van der Waals surface area contributed by atoms with E-state index in [4.69, 9.17) is 21.4 Å². The fourth-order valence-corrected chi connectivity index (χ4v) is 2.02. The van der Waals surface area contributed by atoms with E-state index < -0.39 is 17.5 Å². The lowest BCUT2D eigenvalue weighted by atomic mass is 10.1. The molecule has 118 valence electrons. The lowest BCUT2D eigenvalue weighted by Gasteiger charge is -2.08. The van der Waals surface area contributed by atoms with Crippen molar-refractivity contribution >= 4 is 29.1 Å². The zero-order valence-electron chi connectivity index (χ0n) is 11.9. The highest BCUT2D eigenvalue weighted by molar-refractivity contribution is 6.38. The number of carbonyl (C=O) groups is 2. The maximum absolute atomic E-state index is 11.1. The second-order valence-corrected chi connectivity index (χ2v) is 5.08. The topological polar surface area (TPSA) is 83.8 Å². The van der Waals surface area contributed by atoms with Gasteiger partial charge in [0.1, 0.15) is 18.1 Å². The first-order valence-corrected chi connectivity index (χ1v) is 6.99. The number of halogens is 1. The number of ketones is 1. The second-order valence-electron chi connectivity index (χ2n) is 4.65. The van der Waals surface area contributed by atoms with E-state index >= 15 is 0 Å². The lowest BCUT2D eigenvalue weighted by Crippen LogP contribution is -2.09. The molecule has 0 aliphatic carbocycles. The van der Waals surface area contributed by atoms with E-state index in [1.54, 1.807) is 24.3 Å². The highest BCUT2D eigenvalue weighted by Crippen LogP contribution is 2.20. The average Bonchev–Trinajstić information content (AvgIpc) is 2.53. The van der Waals surface area contributed by atoms with Crippen LogP contribution in [0, 0.1) is 0 Å². The first-order chi connectivity index (χ1) is 11.0. The van der Waals surface area contributed by atoms with E-state index in [0.29, 0.717) is 16.8 Å². The van der Waals surface area contributed by atoms with Crippen molar-refractivity contribution in [2.75, 3.05) is 0 Å². The van der Waals surface area contributed by atoms with Crippen molar-refractivity contribution in [3.8, 4) is 5.75 Å². The van der Waals surface area contributed by atoms with Crippen molar-refractivity contribution in [1.29, 1.82) is 0 Å². The third-order valence-electron chi connectivity index (χ3n) is 2.90. The van der Waals surface area contributed by atoms with Crippen molar-refractivity contribution < 1.29 is 24.5 Å². The summed E-state index contributed by atoms with van der Waals surface area (Å²) in [6.07, 6.45) is 0.651. The standard InChI is InChI=1S/C17H13ClO5/c18-13-5-1-3-11(7-13)10-23-14-6-2-4-12(8-14)15(19)9-16(20)17(21)22/h1-9,19H,10H2,(H,21,22). The summed E-state index contributed by atoms with van der Waals surface area (Å²) in [7, 11) is 0. The van der Waals surface area contributed by atoms with Gasteiger partial charge >= 0.3 is 5.97 Å². The van der Waals surface area contributed by atoms with Gasteiger partial charge in [0.2, 0.25) is 0 Å². The van der Waals surface area contributed by atoms with Gasteiger partial charge in [-0.1, -0.05) is 35.9 Å². The maximum Gasteiger partial charge on any atom is 0.376 e. The number of benzene rings is 2. The van der Waals surface area contributed by atoms with Crippen LogP contribution >= 0.6 is 11.6 Å². The molecule has 0 aliphatic heterocycles. The van der Waals surface area contributed by atoms with Gasteiger partial charge in [0, 0.05) is 16.7 Å². The number of ether oxygens (including phenoxy) is 1. The molecule has 2 aromatic rings. The summed E-state index contributed by atoms with van der Waals surface area (Å²) in [5.74, 6) is -2.81. The van der Waals surface area contributed by atoms with Gasteiger partial charge in [0.05, 0.1) is 0 Å². The van der Waals surface area contributed by atoms with Crippen molar-refractivity contribution in [2.24, 2.45) is 0 Å². The molecule has 2 aromatic carbocycles. The van der Waals surface area contributed by atoms with E-state index in [1.165, 1.54) is 12.1 Å². The number of hydrogen-bond acceptors (Lipinski definition) is 4. The van der Waals surface area contributed by atoms with Gasteiger partial charge in [-0.05, 0) is 29.8 Å². The van der Waals surface area contributed by atoms with E-state index in [2.05, 4.69) is 0 Å². The SMILES string of the molecule is O=C(O)C(=O)C=C(O)c1cccc(OCc2cccc(Cl)c2)c1. The molecule has 0 fully saturated rings. The minimum Gasteiger partial charge on any atom is -0.507 e. The molecule has 2 N–H and O–H groups in total. The predicted octanol–water partition coefficient (Wildman–Crippen LogP) is 3.47. The molecule has 0 unspecified atom stereocenters. The third-order valence-corrected chi connectivity index (χ3v) is 3.14. The molecule has 0 spiro atoms. The summed E-state index contributed by atoms with van der Waals surface area (Å²) < 4.78 is 5.59. The van der Waals surface area contributed by atoms with E-state index in [1.807, 2.05) is 12.1 Å². The Labute approximate surface area is 137 Å². The number of carboxylic acid groups (broad SMARTS) is 1. The van der Waals surface area contributed by atoms with Crippen LogP contribution in [0.15, 0.2) is 54.6 Å². The normalized spacial score (nSPS) is 11.1. The number of carboxylic acids is 1. The van der Waals surface area contributed by atoms with Gasteiger partial charge in [-0.2, -0.15) is 0 Å². The molecule has 2 rings (SSSR count). The van der Waals surface area contributed by atoms with Gasteiger partial charge in [0.15, 0.2) is 0 Å². The zero-order chi connectivity index (χ0) is 16.8. The molecule has 23 heavy (non-hydrogen) atoms. The first-order valence-electron chi connectivity index (χ1n) is 6.61. The molecule has 0 heterocycles. The Morgan fingerprint density at radius 1 is 1.09 bits per heavy atom. The van der Waals surface area contributed by atoms with Crippen molar-refractivity contribution in [3.63, 3.8) is 0 Å². The molecule has 0 saturated carbocycles. The Kier molecular flexibility index (Phi) is 5.38. The Bertz CT molecular complexity index is 767. The summed E-state index contributed by atoms with van der Waals surface area (Å²) >= 11 is 5.89. The van der Waals surface area contributed by atoms with E-state index in [0.717, 1.165) is 5.56 Å². The van der Waals surface area contributed by atoms with Crippen LogP contribution in [0.25, 0.3) is 5.76 Å². The molecule has 0 radical (unpaired) electrons. The zero-order valence-corrected chi connectivity index (χ0v) is 12.7. The number of aliphatic carboxylic acids is 1. The average molecular weight is 333 g/mol. The summed E-state index contributed by atoms with van der Waals surface area (Å²) in [5.41, 5.74) is 1.16. The summed E-state index contributed by atoms with van der Waals surface area (Å²) in [5, 5.41) is 18.9. The van der Waals surface area contributed by atoms with Crippen LogP contribution in [0.1, 0.15) is 11.1 Å². The van der Waals surface area contributed by atoms with Crippen molar-refractivity contribution in [3.05, 3.63) is 70.8 Å². The Morgan fingerprint density at radius 2 is 1.83 bits per heavy atom. The minimum atomic E-state index is -1.63. The summed E-state index contributed by atoms with van der Waals surface area (Å²) in [6.45, 7) is 0.280. The second kappa shape index (κ2) is 7.47. The quantitative estimate of drug-likeness (QED) is 0.480. The smallest absolute Gasteiger partial charge is 0.376 e. The van der Waals surface area contributed by atoms with Gasteiger partial charge in [-0.25, -0.2) is 4.79 Å². The number of aliphatic hydroxyl groups excluding tert-OH is 1. The molecule has 0 aliphatic rings. The Morgan fingerprint density at radius 3 is 2.52 bits per heavy atom. The Balaban J connectivity index is 2.10. The molecule has 6 heteroatoms. The van der Waals surface area contributed by atoms with Crippen LogP contribution in [0.3, 0.4) is 0 Å². The minimum absolute atomic E-state index is 0.280. The number of hydrogen-bond donors (Lipinski definition) is 2. The highest BCUT2D eigenvalue weighted by Gasteiger charge is 2.11. The molecule has 0 aromatic heterocycles. The van der Waals surface area contributed by atoms with Crippen LogP contribution in [0.2, 0.25) is 5.02 Å². The number of rotatable bonds is 6. The molecule has 0 saturated heterocycles. The fourth-order valence-electron chi connectivity index (χ4n) is 1.81. The van der Waals surface area contributed by atoms with Gasteiger partial charge < -0.3 is 14.9 Å². The largest absolute Gasteiger partial charge is 0.507 e. The molecular weight excluding hydrogens is 320 g/mol.